The van der Waals surface area contributed by atoms with E-state index in [-0.39, 0.29) is 11.7 Å². The van der Waals surface area contributed by atoms with Crippen LogP contribution in [0.25, 0.3) is 0 Å². The zero-order chi connectivity index (χ0) is 10.8. The van der Waals surface area contributed by atoms with Crippen molar-refractivity contribution in [2.24, 2.45) is 0 Å². The minimum Gasteiger partial charge on any atom is -0.393 e. The van der Waals surface area contributed by atoms with Crippen LogP contribution in [-0.2, 0) is 0 Å². The average Bonchev–Trinajstić information content (AvgIpc) is 2.70. The molecule has 80 valence electrons. The minimum atomic E-state index is -0.437. The summed E-state index contributed by atoms with van der Waals surface area (Å²) in [5, 5.41) is 14.0. The number of para-hydroxylation sites is 1. The van der Waals surface area contributed by atoms with E-state index in [1.165, 1.54) is 6.07 Å². The molecule has 1 aromatic rings. The highest BCUT2D eigenvalue weighted by molar-refractivity contribution is 5.64. The van der Waals surface area contributed by atoms with E-state index in [4.69, 9.17) is 5.73 Å². The molecule has 0 aromatic heterocycles. The second-order valence-electron chi connectivity index (χ2n) is 3.69. The third-order valence-corrected chi connectivity index (χ3v) is 2.75. The van der Waals surface area contributed by atoms with Gasteiger partial charge in [-0.15, -0.1) is 0 Å². The van der Waals surface area contributed by atoms with Gasteiger partial charge in [0.1, 0.15) is 5.69 Å². The zero-order valence-corrected chi connectivity index (χ0v) is 8.27. The van der Waals surface area contributed by atoms with Crippen molar-refractivity contribution in [2.45, 2.75) is 18.9 Å². The first-order valence-corrected chi connectivity index (χ1v) is 4.96. The molecule has 1 fully saturated rings. The molecule has 1 heterocycles. The summed E-state index contributed by atoms with van der Waals surface area (Å²) in [4.78, 5) is 10.3. The van der Waals surface area contributed by atoms with Crippen LogP contribution in [0.15, 0.2) is 18.2 Å². The molecule has 1 aromatic carbocycles. The number of hydrogen-bond donors (Lipinski definition) is 2. The van der Waals surface area contributed by atoms with Crippen LogP contribution in [0.3, 0.4) is 0 Å². The number of nitrogens with two attached hydrogens (primary N) is 1. The molecule has 0 aliphatic carbocycles. The fourth-order valence-corrected chi connectivity index (χ4v) is 1.98. The summed E-state index contributed by atoms with van der Waals surface area (Å²) in [6, 6.07) is 5.15. The molecular formula is C10H13N3O2. The Morgan fingerprint density at radius 2 is 2.33 bits per heavy atom. The number of nitro groups is 1. The van der Waals surface area contributed by atoms with Crippen LogP contribution in [0.2, 0.25) is 0 Å². The number of nitrogens with zero attached hydrogens (tertiary/aromatic N) is 1. The first-order chi connectivity index (χ1) is 7.20. The number of nitro benzene ring substituents is 1. The van der Waals surface area contributed by atoms with Crippen molar-refractivity contribution < 1.29 is 4.92 Å². The number of anilines is 1. The van der Waals surface area contributed by atoms with Crippen LogP contribution in [0.4, 0.5) is 11.4 Å². The molecule has 1 aliphatic rings. The first kappa shape index (κ1) is 9.92. The molecule has 1 atom stereocenters. The summed E-state index contributed by atoms with van der Waals surface area (Å²) in [6.07, 6.45) is 2.08. The van der Waals surface area contributed by atoms with Gasteiger partial charge in [-0.05, 0) is 24.9 Å². The predicted octanol–water partition coefficient (Wildman–Crippen LogP) is 1.60. The topological polar surface area (TPSA) is 81.2 Å². The SMILES string of the molecule is Nc1c([C@H]2CCCN2)cccc1[N+](=O)[O-]. The Labute approximate surface area is 87.4 Å². The van der Waals surface area contributed by atoms with E-state index in [1.54, 1.807) is 6.07 Å². The molecule has 0 unspecified atom stereocenters. The molecule has 2 rings (SSSR count). The van der Waals surface area contributed by atoms with Crippen molar-refractivity contribution in [1.82, 2.24) is 5.32 Å². The Balaban J connectivity index is 2.39. The van der Waals surface area contributed by atoms with Crippen LogP contribution in [0, 0.1) is 10.1 Å². The van der Waals surface area contributed by atoms with Crippen molar-refractivity contribution in [3.63, 3.8) is 0 Å². The Morgan fingerprint density at radius 3 is 2.93 bits per heavy atom. The highest BCUT2D eigenvalue weighted by Gasteiger charge is 2.22. The standard InChI is InChI=1S/C10H13N3O2/c11-10-7(8-4-2-6-12-8)3-1-5-9(10)13(14)15/h1,3,5,8,12H,2,4,6,11H2/t8-/m1/s1. The highest BCUT2D eigenvalue weighted by atomic mass is 16.6. The van der Waals surface area contributed by atoms with Gasteiger partial charge in [-0.25, -0.2) is 0 Å². The normalized spacial score (nSPS) is 20.4. The Hall–Kier alpha value is -1.62. The van der Waals surface area contributed by atoms with Crippen molar-refractivity contribution in [1.29, 1.82) is 0 Å². The lowest BCUT2D eigenvalue weighted by molar-refractivity contribution is -0.384. The van der Waals surface area contributed by atoms with Crippen LogP contribution >= 0.6 is 0 Å². The summed E-state index contributed by atoms with van der Waals surface area (Å²) >= 11 is 0. The number of hydrogen-bond acceptors (Lipinski definition) is 4. The van der Waals surface area contributed by atoms with Gasteiger partial charge < -0.3 is 11.1 Å². The van der Waals surface area contributed by atoms with E-state index in [0.717, 1.165) is 24.9 Å². The van der Waals surface area contributed by atoms with Gasteiger partial charge in [-0.3, -0.25) is 10.1 Å². The molecule has 15 heavy (non-hydrogen) atoms. The van der Waals surface area contributed by atoms with Gasteiger partial charge in [-0.2, -0.15) is 0 Å². The monoisotopic (exact) mass is 207 g/mol. The van der Waals surface area contributed by atoms with E-state index in [0.29, 0.717) is 5.69 Å². The Kier molecular flexibility index (Phi) is 2.55. The second-order valence-corrected chi connectivity index (χ2v) is 3.69. The summed E-state index contributed by atoms with van der Waals surface area (Å²) in [7, 11) is 0. The smallest absolute Gasteiger partial charge is 0.292 e. The fourth-order valence-electron chi connectivity index (χ4n) is 1.98. The molecule has 0 saturated carbocycles. The zero-order valence-electron chi connectivity index (χ0n) is 8.27. The minimum absolute atomic E-state index is 0.00111. The molecule has 0 spiro atoms. The Bertz CT molecular complexity index is 386. The fraction of sp³-hybridized carbons (Fsp3) is 0.400. The summed E-state index contributed by atoms with van der Waals surface area (Å²) in [6.45, 7) is 0.951. The second kappa shape index (κ2) is 3.86. The summed E-state index contributed by atoms with van der Waals surface area (Å²) < 4.78 is 0. The Morgan fingerprint density at radius 1 is 1.53 bits per heavy atom. The number of nitrogens with one attached hydrogen (secondary N) is 1. The van der Waals surface area contributed by atoms with Gasteiger partial charge in [0.25, 0.3) is 5.69 Å². The molecule has 5 nitrogen and oxygen atoms in total. The molecular weight excluding hydrogens is 194 g/mol. The van der Waals surface area contributed by atoms with Crippen molar-refractivity contribution in [2.75, 3.05) is 12.3 Å². The lowest BCUT2D eigenvalue weighted by Crippen LogP contribution is -2.15. The third-order valence-electron chi connectivity index (χ3n) is 2.75. The van der Waals surface area contributed by atoms with Gasteiger partial charge in [0, 0.05) is 12.1 Å². The average molecular weight is 207 g/mol. The molecule has 0 bridgehead atoms. The molecule has 1 saturated heterocycles. The molecule has 5 heteroatoms. The number of benzene rings is 1. The van der Waals surface area contributed by atoms with Gasteiger partial charge in [-0.1, -0.05) is 12.1 Å². The van der Waals surface area contributed by atoms with Crippen LogP contribution < -0.4 is 11.1 Å². The first-order valence-electron chi connectivity index (χ1n) is 4.96. The van der Waals surface area contributed by atoms with E-state index in [1.807, 2.05) is 6.07 Å². The van der Waals surface area contributed by atoms with Gasteiger partial charge in [0.05, 0.1) is 4.92 Å². The lowest BCUT2D eigenvalue weighted by Gasteiger charge is -2.12. The molecule has 0 radical (unpaired) electrons. The van der Waals surface area contributed by atoms with E-state index in [2.05, 4.69) is 5.32 Å². The van der Waals surface area contributed by atoms with Crippen molar-refractivity contribution in [3.8, 4) is 0 Å². The third kappa shape index (κ3) is 1.78. The van der Waals surface area contributed by atoms with Crippen LogP contribution in [-0.4, -0.2) is 11.5 Å². The maximum absolute atomic E-state index is 10.7. The summed E-state index contributed by atoms with van der Waals surface area (Å²) in [5.41, 5.74) is 6.93. The van der Waals surface area contributed by atoms with Crippen molar-refractivity contribution >= 4 is 11.4 Å². The predicted molar refractivity (Wildman–Crippen MR) is 57.5 cm³/mol. The maximum atomic E-state index is 10.7. The molecule has 3 N–H and O–H groups in total. The number of rotatable bonds is 2. The van der Waals surface area contributed by atoms with Gasteiger partial charge in [0.15, 0.2) is 0 Å². The molecule has 1 aliphatic heterocycles. The van der Waals surface area contributed by atoms with Gasteiger partial charge in [0.2, 0.25) is 0 Å². The summed E-state index contributed by atoms with van der Waals surface area (Å²) in [5.74, 6) is 0. The lowest BCUT2D eigenvalue weighted by atomic mass is 10.0. The van der Waals surface area contributed by atoms with Crippen LogP contribution in [0.5, 0.6) is 0 Å². The largest absolute Gasteiger partial charge is 0.393 e. The molecule has 0 amide bonds. The number of nitrogen functional groups attached to an aromatic ring is 1. The van der Waals surface area contributed by atoms with Gasteiger partial charge >= 0.3 is 0 Å². The maximum Gasteiger partial charge on any atom is 0.292 e. The van der Waals surface area contributed by atoms with E-state index >= 15 is 0 Å². The quantitative estimate of drug-likeness (QED) is 0.438. The van der Waals surface area contributed by atoms with Crippen molar-refractivity contribution in [3.05, 3.63) is 33.9 Å². The van der Waals surface area contributed by atoms with Crippen LogP contribution in [0.1, 0.15) is 24.4 Å². The van der Waals surface area contributed by atoms with E-state index in [9.17, 15) is 10.1 Å². The highest BCUT2D eigenvalue weighted by Crippen LogP contribution is 2.32. The van der Waals surface area contributed by atoms with E-state index < -0.39 is 4.92 Å².